The number of nitrogen functional groups attached to an aromatic ring is 1. The molecule has 0 amide bonds. The van der Waals surface area contributed by atoms with Crippen LogP contribution in [0.2, 0.25) is 0 Å². The zero-order chi connectivity index (χ0) is 16.2. The van der Waals surface area contributed by atoms with E-state index in [4.69, 9.17) is 5.73 Å². The van der Waals surface area contributed by atoms with E-state index in [1.807, 2.05) is 0 Å². The first-order valence-electron chi connectivity index (χ1n) is 5.98. The highest BCUT2D eigenvalue weighted by Gasteiger charge is 2.20. The first-order chi connectivity index (χ1) is 9.69. The number of esters is 1. The van der Waals surface area contributed by atoms with Crippen molar-refractivity contribution in [1.29, 1.82) is 0 Å². The fourth-order valence-corrected chi connectivity index (χ4v) is 3.13. The molecule has 1 aromatic carbocycles. The number of hydrogen-bond acceptors (Lipinski definition) is 6. The Balaban J connectivity index is 2.99. The highest BCUT2D eigenvalue weighted by Crippen LogP contribution is 2.20. The molecular formula is C12H18N2O5S2. The number of rotatable bonds is 6. The van der Waals surface area contributed by atoms with E-state index < -0.39 is 26.8 Å². The number of anilines is 1. The predicted octanol–water partition coefficient (Wildman–Crippen LogP) is 0.101. The van der Waals surface area contributed by atoms with Gasteiger partial charge in [0.05, 0.1) is 18.4 Å². The molecule has 0 fully saturated rings. The van der Waals surface area contributed by atoms with Gasteiger partial charge in [-0.3, -0.25) is 4.21 Å². The molecule has 0 saturated heterocycles. The Morgan fingerprint density at radius 2 is 2.10 bits per heavy atom. The first kappa shape index (κ1) is 17.6. The van der Waals surface area contributed by atoms with Crippen molar-refractivity contribution in [1.82, 2.24) is 4.72 Å². The number of nitrogens with two attached hydrogens (primary N) is 1. The fraction of sp³-hybridized carbons (Fsp3) is 0.417. The largest absolute Gasteiger partial charge is 0.465 e. The Morgan fingerprint density at radius 1 is 1.48 bits per heavy atom. The lowest BCUT2D eigenvalue weighted by Gasteiger charge is -2.12. The lowest BCUT2D eigenvalue weighted by Crippen LogP contribution is -2.33. The minimum Gasteiger partial charge on any atom is -0.465 e. The number of sulfonamides is 1. The van der Waals surface area contributed by atoms with Crippen LogP contribution < -0.4 is 10.5 Å². The Labute approximate surface area is 126 Å². The molecular weight excluding hydrogens is 316 g/mol. The lowest BCUT2D eigenvalue weighted by molar-refractivity contribution is 0.0600. The highest BCUT2D eigenvalue weighted by atomic mass is 32.2. The number of hydrogen-bond donors (Lipinski definition) is 2. The van der Waals surface area contributed by atoms with E-state index >= 15 is 0 Å². The second kappa shape index (κ2) is 7.01. The zero-order valence-corrected chi connectivity index (χ0v) is 13.6. The van der Waals surface area contributed by atoms with Crippen LogP contribution in [0.25, 0.3) is 0 Å². The standard InChI is InChI=1S/C12H18N2O5S2/c1-8(20(3)16)7-14-21(17,18)11-5-4-9(6-10(11)13)12(15)19-2/h4-6,8,14H,7,13H2,1-3H3. The van der Waals surface area contributed by atoms with Crippen molar-refractivity contribution >= 4 is 32.5 Å². The number of nitrogens with one attached hydrogen (secondary N) is 1. The van der Waals surface area contributed by atoms with Crippen LogP contribution in [0.5, 0.6) is 0 Å². The average molecular weight is 334 g/mol. The maximum Gasteiger partial charge on any atom is 0.337 e. The third kappa shape index (κ3) is 4.51. The molecule has 2 atom stereocenters. The monoisotopic (exact) mass is 334 g/mol. The van der Waals surface area contributed by atoms with Crippen molar-refractivity contribution in [3.05, 3.63) is 23.8 Å². The molecule has 1 aromatic rings. The van der Waals surface area contributed by atoms with E-state index in [2.05, 4.69) is 9.46 Å². The molecule has 9 heteroatoms. The number of carbonyl (C=O) groups is 1. The van der Waals surface area contributed by atoms with Crippen LogP contribution in [0.15, 0.2) is 23.1 Å². The summed E-state index contributed by atoms with van der Waals surface area (Å²) >= 11 is 0. The number of carbonyl (C=O) groups excluding carboxylic acids is 1. The van der Waals surface area contributed by atoms with Gasteiger partial charge < -0.3 is 10.5 Å². The molecule has 1 rings (SSSR count). The third-order valence-electron chi connectivity index (χ3n) is 2.85. The van der Waals surface area contributed by atoms with Crippen molar-refractivity contribution in [2.75, 3.05) is 25.6 Å². The summed E-state index contributed by atoms with van der Waals surface area (Å²) in [5.74, 6) is -0.603. The summed E-state index contributed by atoms with van der Waals surface area (Å²) in [7, 11) is -3.75. The molecule has 118 valence electrons. The van der Waals surface area contributed by atoms with Gasteiger partial charge in [-0.2, -0.15) is 0 Å². The van der Waals surface area contributed by atoms with Gasteiger partial charge in [-0.25, -0.2) is 17.9 Å². The van der Waals surface area contributed by atoms with Crippen LogP contribution in [0.1, 0.15) is 17.3 Å². The number of ether oxygens (including phenoxy) is 1. The number of methoxy groups -OCH3 is 1. The quantitative estimate of drug-likeness (QED) is 0.563. The smallest absolute Gasteiger partial charge is 0.337 e. The Morgan fingerprint density at radius 3 is 2.57 bits per heavy atom. The molecule has 3 N–H and O–H groups in total. The molecule has 0 aromatic heterocycles. The van der Waals surface area contributed by atoms with Gasteiger partial charge in [-0.15, -0.1) is 0 Å². The molecule has 2 unspecified atom stereocenters. The molecule has 0 aliphatic rings. The molecule has 0 spiro atoms. The van der Waals surface area contributed by atoms with Crippen molar-refractivity contribution in [3.63, 3.8) is 0 Å². The summed E-state index contributed by atoms with van der Waals surface area (Å²) in [5, 5.41) is -0.324. The molecule has 0 heterocycles. The molecule has 0 saturated carbocycles. The summed E-state index contributed by atoms with van der Waals surface area (Å²) < 4.78 is 42.3. The average Bonchev–Trinajstić information content (AvgIpc) is 2.43. The second-order valence-electron chi connectivity index (χ2n) is 4.41. The van der Waals surface area contributed by atoms with Crippen LogP contribution in [-0.2, 0) is 25.6 Å². The van der Waals surface area contributed by atoms with Gasteiger partial charge in [-0.1, -0.05) is 0 Å². The van der Waals surface area contributed by atoms with Gasteiger partial charge in [-0.05, 0) is 25.1 Å². The van der Waals surface area contributed by atoms with Gasteiger partial charge in [0, 0.05) is 28.9 Å². The van der Waals surface area contributed by atoms with Crippen molar-refractivity contribution in [2.24, 2.45) is 0 Å². The lowest BCUT2D eigenvalue weighted by atomic mass is 10.2. The van der Waals surface area contributed by atoms with Gasteiger partial charge in [0.25, 0.3) is 0 Å². The third-order valence-corrected chi connectivity index (χ3v) is 5.65. The number of benzene rings is 1. The Bertz CT molecular complexity index is 658. The van der Waals surface area contributed by atoms with Gasteiger partial charge in [0.2, 0.25) is 10.0 Å². The van der Waals surface area contributed by atoms with Gasteiger partial charge in [0.1, 0.15) is 4.90 Å². The van der Waals surface area contributed by atoms with Crippen LogP contribution in [0.3, 0.4) is 0 Å². The van der Waals surface area contributed by atoms with Crippen LogP contribution >= 0.6 is 0 Å². The van der Waals surface area contributed by atoms with E-state index in [9.17, 15) is 17.4 Å². The highest BCUT2D eigenvalue weighted by molar-refractivity contribution is 7.89. The molecule has 0 bridgehead atoms. The van der Waals surface area contributed by atoms with Crippen LogP contribution in [0.4, 0.5) is 5.69 Å². The summed E-state index contributed by atoms with van der Waals surface area (Å²) in [5.41, 5.74) is 5.78. The van der Waals surface area contributed by atoms with E-state index in [0.29, 0.717) is 0 Å². The Kier molecular flexibility index (Phi) is 5.87. The van der Waals surface area contributed by atoms with Crippen LogP contribution in [0, 0.1) is 0 Å². The fourth-order valence-electron chi connectivity index (χ4n) is 1.46. The van der Waals surface area contributed by atoms with Gasteiger partial charge >= 0.3 is 5.97 Å². The van der Waals surface area contributed by atoms with Crippen molar-refractivity contribution in [2.45, 2.75) is 17.1 Å². The van der Waals surface area contributed by atoms with Crippen molar-refractivity contribution in [3.8, 4) is 0 Å². The van der Waals surface area contributed by atoms with Gasteiger partial charge in [0.15, 0.2) is 0 Å². The van der Waals surface area contributed by atoms with E-state index in [0.717, 1.165) is 0 Å². The first-order valence-corrected chi connectivity index (χ1v) is 9.09. The zero-order valence-electron chi connectivity index (χ0n) is 12.0. The minimum atomic E-state index is -3.83. The van der Waals surface area contributed by atoms with Crippen molar-refractivity contribution < 1.29 is 22.2 Å². The topological polar surface area (TPSA) is 116 Å². The molecule has 7 nitrogen and oxygen atoms in total. The van der Waals surface area contributed by atoms with E-state index in [-0.39, 0.29) is 27.9 Å². The predicted molar refractivity (Wildman–Crippen MR) is 80.9 cm³/mol. The summed E-state index contributed by atoms with van der Waals surface area (Å²) in [6.07, 6.45) is 1.50. The minimum absolute atomic E-state index is 0.0314. The van der Waals surface area contributed by atoms with E-state index in [1.165, 1.54) is 31.6 Å². The second-order valence-corrected chi connectivity index (χ2v) is 7.94. The molecule has 0 radical (unpaired) electrons. The summed E-state index contributed by atoms with van der Waals surface area (Å²) in [4.78, 5) is 11.2. The van der Waals surface area contributed by atoms with E-state index in [1.54, 1.807) is 6.92 Å². The Hall–Kier alpha value is -1.45. The SMILES string of the molecule is COC(=O)c1ccc(S(=O)(=O)NCC(C)S(C)=O)c(N)c1. The normalized spacial score (nSPS) is 14.4. The molecule has 0 aliphatic carbocycles. The molecule has 0 aliphatic heterocycles. The maximum absolute atomic E-state index is 12.1. The van der Waals surface area contributed by atoms with Crippen LogP contribution in [-0.4, -0.2) is 43.8 Å². The maximum atomic E-state index is 12.1. The molecule has 21 heavy (non-hydrogen) atoms. The summed E-state index contributed by atoms with van der Waals surface area (Å²) in [6.45, 7) is 1.70. The summed E-state index contributed by atoms with van der Waals surface area (Å²) in [6, 6.07) is 3.79.